The van der Waals surface area contributed by atoms with Crippen molar-refractivity contribution in [3.05, 3.63) is 78.4 Å². The molecule has 1 atom stereocenters. The van der Waals surface area contributed by atoms with Gasteiger partial charge >= 0.3 is 0 Å². The molecule has 0 saturated carbocycles. The number of nitrogens with zero attached hydrogens (tertiary/aromatic N) is 2. The highest BCUT2D eigenvalue weighted by Crippen LogP contribution is 2.33. The molecule has 3 aromatic rings. The zero-order valence-corrected chi connectivity index (χ0v) is 24.1. The summed E-state index contributed by atoms with van der Waals surface area (Å²) in [6.07, 6.45) is 0. The van der Waals surface area contributed by atoms with Crippen LogP contribution in [-0.2, 0) is 26.2 Å². The van der Waals surface area contributed by atoms with Gasteiger partial charge in [0.1, 0.15) is 29.8 Å². The lowest BCUT2D eigenvalue weighted by atomic mass is 10.1. The van der Waals surface area contributed by atoms with Crippen molar-refractivity contribution in [2.45, 2.75) is 31.3 Å². The van der Waals surface area contributed by atoms with Crippen LogP contribution in [0.2, 0.25) is 0 Å². The van der Waals surface area contributed by atoms with E-state index >= 15 is 0 Å². The maximum atomic E-state index is 14.0. The fourth-order valence-corrected chi connectivity index (χ4v) is 5.52. The molecule has 10 nitrogen and oxygen atoms in total. The molecule has 0 radical (unpaired) electrons. The first-order valence-corrected chi connectivity index (χ1v) is 14.1. The molecule has 0 fully saturated rings. The third-order valence-corrected chi connectivity index (χ3v) is 8.06. The highest BCUT2D eigenvalue weighted by Gasteiger charge is 2.33. The number of benzene rings is 3. The molecular weight excluding hydrogens is 534 g/mol. The summed E-state index contributed by atoms with van der Waals surface area (Å²) in [5.41, 5.74) is 0.895. The van der Waals surface area contributed by atoms with Gasteiger partial charge in [-0.3, -0.25) is 13.9 Å². The van der Waals surface area contributed by atoms with Crippen molar-refractivity contribution in [1.82, 2.24) is 10.2 Å². The van der Waals surface area contributed by atoms with E-state index in [1.54, 1.807) is 62.4 Å². The molecule has 0 heterocycles. The second kappa shape index (κ2) is 13.7. The van der Waals surface area contributed by atoms with E-state index in [4.69, 9.17) is 14.2 Å². The van der Waals surface area contributed by atoms with Gasteiger partial charge in [-0.1, -0.05) is 24.3 Å². The molecule has 0 aliphatic heterocycles. The van der Waals surface area contributed by atoms with Crippen LogP contribution in [0.15, 0.2) is 77.7 Å². The Bertz CT molecular complexity index is 1410. The fraction of sp³-hybridized carbons (Fsp3) is 0.310. The van der Waals surface area contributed by atoms with Crippen LogP contribution in [0.25, 0.3) is 0 Å². The second-order valence-corrected chi connectivity index (χ2v) is 10.7. The standard InChI is InChI=1S/C29H35N3O7S/c1-6-30-29(34)21(2)31(19-22-10-9-11-24(18-22)38-4)28(33)20-32(26-12-7-8-13-27(26)39-5)40(35,36)25-16-14-23(37-3)15-17-25/h7-18,21H,6,19-20H2,1-5H3,(H,30,34)/t21-/m0/s1. The zero-order chi connectivity index (χ0) is 29.3. The van der Waals surface area contributed by atoms with E-state index < -0.39 is 28.5 Å². The number of para-hydroxylation sites is 2. The van der Waals surface area contributed by atoms with Gasteiger partial charge in [0.05, 0.1) is 31.9 Å². The van der Waals surface area contributed by atoms with Gasteiger partial charge in [-0.25, -0.2) is 8.42 Å². The van der Waals surface area contributed by atoms with Gasteiger partial charge in [0.2, 0.25) is 11.8 Å². The van der Waals surface area contributed by atoms with Crippen LogP contribution in [0.3, 0.4) is 0 Å². The van der Waals surface area contributed by atoms with Crippen LogP contribution in [-0.4, -0.2) is 65.6 Å². The molecule has 2 amide bonds. The van der Waals surface area contributed by atoms with E-state index in [9.17, 15) is 18.0 Å². The van der Waals surface area contributed by atoms with Crippen molar-refractivity contribution in [1.29, 1.82) is 0 Å². The van der Waals surface area contributed by atoms with Gasteiger partial charge in [0.25, 0.3) is 10.0 Å². The highest BCUT2D eigenvalue weighted by atomic mass is 32.2. The summed E-state index contributed by atoms with van der Waals surface area (Å²) >= 11 is 0. The average Bonchev–Trinajstić information content (AvgIpc) is 2.98. The molecule has 0 unspecified atom stereocenters. The molecular formula is C29H35N3O7S. The van der Waals surface area contributed by atoms with Crippen LogP contribution in [0.5, 0.6) is 17.2 Å². The Morgan fingerprint density at radius 1 is 0.875 bits per heavy atom. The van der Waals surface area contributed by atoms with Crippen molar-refractivity contribution >= 4 is 27.5 Å². The van der Waals surface area contributed by atoms with Crippen molar-refractivity contribution < 1.29 is 32.2 Å². The van der Waals surface area contributed by atoms with Gasteiger partial charge in [-0.05, 0) is 67.9 Å². The molecule has 0 bridgehead atoms. The van der Waals surface area contributed by atoms with Gasteiger partial charge in [-0.15, -0.1) is 0 Å². The lowest BCUT2D eigenvalue weighted by molar-refractivity contribution is -0.139. The number of amides is 2. The first-order valence-electron chi connectivity index (χ1n) is 12.7. The van der Waals surface area contributed by atoms with Crippen LogP contribution < -0.4 is 23.8 Å². The Balaban J connectivity index is 2.07. The molecule has 214 valence electrons. The molecule has 40 heavy (non-hydrogen) atoms. The number of hydrogen-bond donors (Lipinski definition) is 1. The maximum absolute atomic E-state index is 14.0. The minimum atomic E-state index is -4.25. The first-order chi connectivity index (χ1) is 19.2. The number of ether oxygens (including phenoxy) is 3. The number of carbonyl (C=O) groups is 2. The number of anilines is 1. The maximum Gasteiger partial charge on any atom is 0.264 e. The van der Waals surface area contributed by atoms with Gasteiger partial charge in [0, 0.05) is 13.1 Å². The lowest BCUT2D eigenvalue weighted by Crippen LogP contribution is -2.51. The smallest absolute Gasteiger partial charge is 0.264 e. The quantitative estimate of drug-likeness (QED) is 0.335. The van der Waals surface area contributed by atoms with Crippen molar-refractivity contribution in [3.8, 4) is 17.2 Å². The van der Waals surface area contributed by atoms with Crippen LogP contribution in [0.4, 0.5) is 5.69 Å². The third-order valence-electron chi connectivity index (χ3n) is 6.29. The Hall–Kier alpha value is -4.25. The number of methoxy groups -OCH3 is 3. The van der Waals surface area contributed by atoms with E-state index in [1.807, 2.05) is 0 Å². The summed E-state index contributed by atoms with van der Waals surface area (Å²) in [5.74, 6) is 0.404. The fourth-order valence-electron chi connectivity index (χ4n) is 4.10. The minimum absolute atomic E-state index is 0.0388. The van der Waals surface area contributed by atoms with E-state index in [1.165, 1.54) is 50.5 Å². The van der Waals surface area contributed by atoms with Crippen LogP contribution >= 0.6 is 0 Å². The average molecular weight is 570 g/mol. The third kappa shape index (κ3) is 7.03. The van der Waals surface area contributed by atoms with E-state index in [0.29, 0.717) is 23.6 Å². The predicted octanol–water partition coefficient (Wildman–Crippen LogP) is 3.46. The largest absolute Gasteiger partial charge is 0.497 e. The molecule has 0 aliphatic rings. The molecule has 3 rings (SSSR count). The molecule has 0 aromatic heterocycles. The van der Waals surface area contributed by atoms with Crippen molar-refractivity contribution in [3.63, 3.8) is 0 Å². The minimum Gasteiger partial charge on any atom is -0.497 e. The summed E-state index contributed by atoms with van der Waals surface area (Å²) in [4.78, 5) is 28.1. The summed E-state index contributed by atoms with van der Waals surface area (Å²) in [5, 5.41) is 2.74. The molecule has 11 heteroatoms. The Morgan fingerprint density at radius 3 is 2.17 bits per heavy atom. The van der Waals surface area contributed by atoms with E-state index in [-0.39, 0.29) is 28.8 Å². The van der Waals surface area contributed by atoms with Gasteiger partial charge in [0.15, 0.2) is 0 Å². The Kier molecular flexibility index (Phi) is 10.4. The molecule has 0 aliphatic carbocycles. The number of carbonyl (C=O) groups excluding carboxylic acids is 2. The van der Waals surface area contributed by atoms with Gasteiger partial charge < -0.3 is 24.4 Å². The van der Waals surface area contributed by atoms with Crippen molar-refractivity contribution in [2.24, 2.45) is 0 Å². The van der Waals surface area contributed by atoms with Crippen molar-refractivity contribution in [2.75, 3.05) is 38.7 Å². The summed E-state index contributed by atoms with van der Waals surface area (Å²) in [6.45, 7) is 3.24. The molecule has 0 spiro atoms. The first kappa shape index (κ1) is 30.3. The normalized spacial score (nSPS) is 11.7. The predicted molar refractivity (Wildman–Crippen MR) is 152 cm³/mol. The summed E-state index contributed by atoms with van der Waals surface area (Å²) in [7, 11) is 0.190. The molecule has 3 aromatic carbocycles. The second-order valence-electron chi connectivity index (χ2n) is 8.80. The molecule has 1 N–H and O–H groups in total. The van der Waals surface area contributed by atoms with Crippen LogP contribution in [0.1, 0.15) is 19.4 Å². The number of likely N-dealkylation sites (N-methyl/N-ethyl adjacent to an activating group) is 1. The molecule has 0 saturated heterocycles. The zero-order valence-electron chi connectivity index (χ0n) is 23.3. The van der Waals surface area contributed by atoms with Crippen LogP contribution in [0, 0.1) is 0 Å². The SMILES string of the molecule is CCNC(=O)[C@H](C)N(Cc1cccc(OC)c1)C(=O)CN(c1ccccc1OC)S(=O)(=O)c1ccc(OC)cc1. The number of rotatable bonds is 13. The summed E-state index contributed by atoms with van der Waals surface area (Å²) < 4.78 is 44.9. The van der Waals surface area contributed by atoms with E-state index in [0.717, 1.165) is 4.31 Å². The monoisotopic (exact) mass is 569 g/mol. The highest BCUT2D eigenvalue weighted by molar-refractivity contribution is 7.92. The Labute approximate surface area is 235 Å². The number of hydrogen-bond acceptors (Lipinski definition) is 7. The lowest BCUT2D eigenvalue weighted by Gasteiger charge is -2.32. The number of sulfonamides is 1. The topological polar surface area (TPSA) is 114 Å². The Morgan fingerprint density at radius 2 is 1.55 bits per heavy atom. The summed E-state index contributed by atoms with van der Waals surface area (Å²) in [6, 6.07) is 18.6. The number of nitrogens with one attached hydrogen (secondary N) is 1. The van der Waals surface area contributed by atoms with Gasteiger partial charge in [-0.2, -0.15) is 0 Å². The van der Waals surface area contributed by atoms with E-state index in [2.05, 4.69) is 5.32 Å².